The van der Waals surface area contributed by atoms with Gasteiger partial charge in [-0.25, -0.2) is 4.79 Å². The summed E-state index contributed by atoms with van der Waals surface area (Å²) in [5, 5.41) is 5.11. The van der Waals surface area contributed by atoms with Crippen molar-refractivity contribution in [3.05, 3.63) is 71.1 Å². The van der Waals surface area contributed by atoms with Crippen molar-refractivity contribution in [1.82, 2.24) is 4.57 Å². The molecule has 2 aromatic heterocycles. The average Bonchev–Trinajstić information content (AvgIpc) is 3.59. The molecule has 194 valence electrons. The molecule has 2 aromatic carbocycles. The minimum atomic E-state index is -0.394. The van der Waals surface area contributed by atoms with Crippen molar-refractivity contribution in [3.8, 4) is 22.6 Å². The highest BCUT2D eigenvalue weighted by molar-refractivity contribution is 7.08. The number of benzene rings is 2. The fourth-order valence-electron chi connectivity index (χ4n) is 4.22. The van der Waals surface area contributed by atoms with E-state index in [1.807, 2.05) is 72.5 Å². The number of Topliss-reactive ketones (excluding diaryl/α,β-unsaturated/α-hetero) is 1. The van der Waals surface area contributed by atoms with Crippen LogP contribution in [-0.4, -0.2) is 36.1 Å². The number of nitrogens with zero attached hydrogens (tertiary/aromatic N) is 1. The van der Waals surface area contributed by atoms with Gasteiger partial charge < -0.3 is 18.8 Å². The van der Waals surface area contributed by atoms with Crippen molar-refractivity contribution in [2.24, 2.45) is 0 Å². The third kappa shape index (κ3) is 6.41. The number of ketones is 1. The van der Waals surface area contributed by atoms with E-state index in [9.17, 15) is 9.59 Å². The first-order valence-electron chi connectivity index (χ1n) is 12.7. The lowest BCUT2D eigenvalue weighted by Crippen LogP contribution is -2.18. The van der Waals surface area contributed by atoms with Gasteiger partial charge in [0.05, 0.1) is 25.4 Å². The third-order valence-electron chi connectivity index (χ3n) is 6.16. The minimum absolute atomic E-state index is 0.100. The van der Waals surface area contributed by atoms with E-state index < -0.39 is 6.04 Å². The minimum Gasteiger partial charge on any atom is -0.493 e. The van der Waals surface area contributed by atoms with E-state index in [0.29, 0.717) is 44.0 Å². The predicted molar refractivity (Wildman–Crippen MR) is 148 cm³/mol. The maximum absolute atomic E-state index is 12.8. The molecule has 0 aliphatic rings. The molecule has 0 saturated carbocycles. The molecule has 0 aliphatic heterocycles. The van der Waals surface area contributed by atoms with Gasteiger partial charge in [-0.05, 0) is 84.6 Å². The summed E-state index contributed by atoms with van der Waals surface area (Å²) >= 11 is 1.64. The first-order chi connectivity index (χ1) is 18.0. The van der Waals surface area contributed by atoms with Gasteiger partial charge in [0, 0.05) is 29.9 Å². The Morgan fingerprint density at radius 1 is 0.973 bits per heavy atom. The van der Waals surface area contributed by atoms with Crippen LogP contribution >= 0.6 is 11.3 Å². The first kappa shape index (κ1) is 26.5. The van der Waals surface area contributed by atoms with Crippen LogP contribution in [0.2, 0.25) is 0 Å². The molecule has 0 aliphatic carbocycles. The summed E-state index contributed by atoms with van der Waals surface area (Å²) in [6, 6.07) is 15.3. The smallest absolute Gasteiger partial charge is 0.328 e. The molecule has 4 aromatic rings. The summed E-state index contributed by atoms with van der Waals surface area (Å²) in [6.07, 6.45) is 3.86. The molecule has 0 spiro atoms. The number of aromatic nitrogens is 1. The van der Waals surface area contributed by atoms with Gasteiger partial charge >= 0.3 is 5.97 Å². The van der Waals surface area contributed by atoms with Crippen molar-refractivity contribution < 1.29 is 23.8 Å². The number of hydrogen-bond donors (Lipinski definition) is 0. The summed E-state index contributed by atoms with van der Waals surface area (Å²) in [5.41, 5.74) is 3.72. The average molecular weight is 520 g/mol. The van der Waals surface area contributed by atoms with E-state index in [4.69, 9.17) is 14.2 Å². The molecule has 1 unspecified atom stereocenters. The SMILES string of the molecule is CCCC(=O)c1cc(-c2ccsc2)ccc1OCCCOc1ccc2c(ccn2C(C)C(=O)OCC)c1. The first-order valence-corrected chi connectivity index (χ1v) is 13.7. The van der Waals surface area contributed by atoms with Crippen molar-refractivity contribution >= 4 is 34.0 Å². The van der Waals surface area contributed by atoms with E-state index >= 15 is 0 Å². The molecule has 0 bridgehead atoms. The zero-order chi connectivity index (χ0) is 26.2. The summed E-state index contributed by atoms with van der Waals surface area (Å²) < 4.78 is 19.0. The molecule has 0 saturated heterocycles. The maximum Gasteiger partial charge on any atom is 0.328 e. The zero-order valence-corrected chi connectivity index (χ0v) is 22.4. The molecule has 6 nitrogen and oxygen atoms in total. The third-order valence-corrected chi connectivity index (χ3v) is 6.85. The van der Waals surface area contributed by atoms with Crippen LogP contribution in [0.25, 0.3) is 22.0 Å². The monoisotopic (exact) mass is 519 g/mol. The van der Waals surface area contributed by atoms with E-state index in [-0.39, 0.29) is 11.8 Å². The van der Waals surface area contributed by atoms with Crippen LogP contribution in [-0.2, 0) is 9.53 Å². The molecule has 2 heterocycles. The number of hydrogen-bond acceptors (Lipinski definition) is 6. The van der Waals surface area contributed by atoms with E-state index in [2.05, 4.69) is 11.4 Å². The van der Waals surface area contributed by atoms with Gasteiger partial charge in [-0.15, -0.1) is 0 Å². The van der Waals surface area contributed by atoms with E-state index in [0.717, 1.165) is 34.2 Å². The van der Waals surface area contributed by atoms with Crippen molar-refractivity contribution in [3.63, 3.8) is 0 Å². The van der Waals surface area contributed by atoms with Gasteiger partial charge in [-0.1, -0.05) is 13.0 Å². The number of ether oxygens (including phenoxy) is 3. The van der Waals surface area contributed by atoms with Crippen LogP contribution in [0.4, 0.5) is 0 Å². The Kier molecular flexibility index (Phi) is 9.01. The van der Waals surface area contributed by atoms with Gasteiger partial charge in [-0.2, -0.15) is 11.3 Å². The summed E-state index contributed by atoms with van der Waals surface area (Å²) in [4.78, 5) is 24.9. The van der Waals surface area contributed by atoms with Crippen LogP contribution in [0.1, 0.15) is 56.4 Å². The number of rotatable bonds is 13. The molecule has 0 amide bonds. The predicted octanol–water partition coefficient (Wildman–Crippen LogP) is 7.32. The van der Waals surface area contributed by atoms with E-state index in [1.54, 1.807) is 18.3 Å². The number of thiophene rings is 1. The van der Waals surface area contributed by atoms with Gasteiger partial charge in [-0.3, -0.25) is 4.79 Å². The van der Waals surface area contributed by atoms with E-state index in [1.165, 1.54) is 0 Å². The largest absolute Gasteiger partial charge is 0.493 e. The number of carbonyl (C=O) groups excluding carboxylic acids is 2. The molecule has 7 heteroatoms. The second kappa shape index (κ2) is 12.6. The fraction of sp³-hybridized carbons (Fsp3) is 0.333. The second-order valence-corrected chi connectivity index (χ2v) is 9.60. The lowest BCUT2D eigenvalue weighted by Gasteiger charge is -2.14. The van der Waals surface area contributed by atoms with Gasteiger partial charge in [0.25, 0.3) is 0 Å². The molecular weight excluding hydrogens is 486 g/mol. The van der Waals surface area contributed by atoms with Gasteiger partial charge in [0.1, 0.15) is 17.5 Å². The molecule has 0 radical (unpaired) electrons. The maximum atomic E-state index is 12.8. The lowest BCUT2D eigenvalue weighted by molar-refractivity contribution is -0.146. The van der Waals surface area contributed by atoms with Gasteiger partial charge in [0.15, 0.2) is 5.78 Å². The molecule has 0 fully saturated rings. The Morgan fingerprint density at radius 2 is 1.81 bits per heavy atom. The summed E-state index contributed by atoms with van der Waals surface area (Å²) in [5.74, 6) is 1.23. The number of fused-ring (bicyclic) bond motifs is 1. The Balaban J connectivity index is 1.34. The highest BCUT2D eigenvalue weighted by Crippen LogP contribution is 2.30. The molecule has 0 N–H and O–H groups in total. The second-order valence-electron chi connectivity index (χ2n) is 8.82. The Morgan fingerprint density at radius 3 is 2.57 bits per heavy atom. The van der Waals surface area contributed by atoms with Crippen LogP contribution in [0.5, 0.6) is 11.5 Å². The van der Waals surface area contributed by atoms with Crippen molar-refractivity contribution in [2.45, 2.75) is 46.1 Å². The highest BCUT2D eigenvalue weighted by Gasteiger charge is 2.18. The molecule has 37 heavy (non-hydrogen) atoms. The molecular formula is C30H33NO5S. The molecule has 1 atom stereocenters. The van der Waals surface area contributed by atoms with Crippen molar-refractivity contribution in [2.75, 3.05) is 19.8 Å². The lowest BCUT2D eigenvalue weighted by atomic mass is 10.0. The molecule has 4 rings (SSSR count). The summed E-state index contributed by atoms with van der Waals surface area (Å²) in [6.45, 7) is 6.93. The van der Waals surface area contributed by atoms with Crippen molar-refractivity contribution in [1.29, 1.82) is 0 Å². The highest BCUT2D eigenvalue weighted by atomic mass is 32.1. The quantitative estimate of drug-likeness (QED) is 0.105. The van der Waals surface area contributed by atoms with Crippen LogP contribution in [0.3, 0.4) is 0 Å². The number of carbonyl (C=O) groups is 2. The van der Waals surface area contributed by atoms with Crippen LogP contribution in [0.15, 0.2) is 65.5 Å². The Labute approximate surface area is 221 Å². The Bertz CT molecular complexity index is 1340. The van der Waals surface area contributed by atoms with Gasteiger partial charge in [0.2, 0.25) is 0 Å². The Hall–Kier alpha value is -3.58. The van der Waals surface area contributed by atoms with Crippen LogP contribution < -0.4 is 9.47 Å². The topological polar surface area (TPSA) is 66.8 Å². The summed E-state index contributed by atoms with van der Waals surface area (Å²) in [7, 11) is 0. The van der Waals surface area contributed by atoms with Crippen LogP contribution in [0, 0.1) is 0 Å². The number of esters is 1. The zero-order valence-electron chi connectivity index (χ0n) is 21.6. The fourth-order valence-corrected chi connectivity index (χ4v) is 4.89. The normalized spacial score (nSPS) is 11.9. The standard InChI is InChI=1S/C30H33NO5S/c1-4-7-28(32)26-19-22(24-13-17-37-20-24)8-11-29(26)36-16-6-15-35-25-9-10-27-23(18-25)12-14-31(27)21(3)30(33)34-5-2/h8-14,17-21H,4-7,15-16H2,1-3H3.